The molecule has 0 fully saturated rings. The largest absolute Gasteiger partial charge is 0.490 e. The summed E-state index contributed by atoms with van der Waals surface area (Å²) < 4.78 is 6.15. The zero-order valence-corrected chi connectivity index (χ0v) is 17.6. The number of likely N-dealkylation sites (N-methyl/N-ethyl adjacent to an activating group) is 1. The predicted octanol–water partition coefficient (Wildman–Crippen LogP) is 0.735. The van der Waals surface area contributed by atoms with Gasteiger partial charge in [-0.2, -0.15) is 0 Å². The molecule has 0 radical (unpaired) electrons. The van der Waals surface area contributed by atoms with Gasteiger partial charge in [0.15, 0.2) is 5.78 Å². The lowest BCUT2D eigenvalue weighted by Crippen LogP contribution is -2.50. The average molecular weight is 424 g/mol. The van der Waals surface area contributed by atoms with Crippen molar-refractivity contribution in [3.8, 4) is 5.75 Å². The summed E-state index contributed by atoms with van der Waals surface area (Å²) in [6.45, 7) is 2.80. The second-order valence-electron chi connectivity index (χ2n) is 8.21. The van der Waals surface area contributed by atoms with E-state index in [2.05, 4.69) is 10.2 Å². The number of aliphatic hydroxyl groups excluding tert-OH is 1. The lowest BCUT2D eigenvalue weighted by atomic mass is 10.1. The first-order valence-electron chi connectivity index (χ1n) is 9.93. The Labute approximate surface area is 175 Å². The van der Waals surface area contributed by atoms with E-state index in [1.165, 1.54) is 6.92 Å². The minimum Gasteiger partial charge on any atom is -0.490 e. The SMILES string of the molecule is CC(CC(=O)NCC[N+](C)(C)CC(O)COc1cccc2c1C(=O)CC2)O[N+](=O)[O-]. The Balaban J connectivity index is 1.73. The number of nitrogens with zero attached hydrogens (tertiary/aromatic N) is 2. The summed E-state index contributed by atoms with van der Waals surface area (Å²) >= 11 is 0. The summed E-state index contributed by atoms with van der Waals surface area (Å²) in [5.41, 5.74) is 1.60. The Hall–Kier alpha value is -2.72. The fourth-order valence-electron chi connectivity index (χ4n) is 3.51. The minimum atomic E-state index is -0.916. The van der Waals surface area contributed by atoms with Gasteiger partial charge in [-0.05, 0) is 25.0 Å². The molecule has 2 atom stereocenters. The molecule has 1 aromatic rings. The van der Waals surface area contributed by atoms with E-state index in [-0.39, 0.29) is 24.7 Å². The highest BCUT2D eigenvalue weighted by molar-refractivity contribution is 6.02. The molecule has 0 spiro atoms. The van der Waals surface area contributed by atoms with Gasteiger partial charge in [0.2, 0.25) is 5.91 Å². The van der Waals surface area contributed by atoms with Crippen molar-refractivity contribution in [2.45, 2.75) is 38.4 Å². The van der Waals surface area contributed by atoms with Gasteiger partial charge >= 0.3 is 0 Å². The maximum atomic E-state index is 12.0. The number of Topliss-reactive ketones (excluding diaryl/α,β-unsaturated/α-hetero) is 1. The van der Waals surface area contributed by atoms with Gasteiger partial charge in [-0.25, -0.2) is 0 Å². The molecule has 166 valence electrons. The highest BCUT2D eigenvalue weighted by Crippen LogP contribution is 2.30. The van der Waals surface area contributed by atoms with Crippen molar-refractivity contribution in [1.29, 1.82) is 0 Å². The third-order valence-corrected chi connectivity index (χ3v) is 4.93. The van der Waals surface area contributed by atoms with Gasteiger partial charge in [-0.3, -0.25) is 9.59 Å². The van der Waals surface area contributed by atoms with Crippen LogP contribution >= 0.6 is 0 Å². The molecule has 2 rings (SSSR count). The van der Waals surface area contributed by atoms with E-state index in [0.29, 0.717) is 41.9 Å². The maximum Gasteiger partial charge on any atom is 0.294 e. The van der Waals surface area contributed by atoms with Gasteiger partial charge in [0.25, 0.3) is 5.09 Å². The second kappa shape index (κ2) is 10.4. The van der Waals surface area contributed by atoms with Crippen LogP contribution in [0.3, 0.4) is 0 Å². The fraction of sp³-hybridized carbons (Fsp3) is 0.600. The summed E-state index contributed by atoms with van der Waals surface area (Å²) in [6, 6.07) is 5.51. The molecule has 10 nitrogen and oxygen atoms in total. The summed E-state index contributed by atoms with van der Waals surface area (Å²) in [7, 11) is 3.83. The Kier molecular flexibility index (Phi) is 8.13. The van der Waals surface area contributed by atoms with Crippen molar-refractivity contribution >= 4 is 11.7 Å². The van der Waals surface area contributed by atoms with Crippen LogP contribution in [0.1, 0.15) is 35.7 Å². The number of aryl methyl sites for hydroxylation is 1. The lowest BCUT2D eigenvalue weighted by Gasteiger charge is -2.32. The molecule has 30 heavy (non-hydrogen) atoms. The number of quaternary nitrogens is 1. The Morgan fingerprint density at radius 2 is 2.10 bits per heavy atom. The molecular formula is C20H30N3O7+. The number of ketones is 1. The predicted molar refractivity (Wildman–Crippen MR) is 108 cm³/mol. The summed E-state index contributed by atoms with van der Waals surface area (Å²) in [6.07, 6.45) is -0.458. The molecule has 1 amide bonds. The van der Waals surface area contributed by atoms with Gasteiger partial charge in [0.05, 0.1) is 39.2 Å². The first-order valence-corrected chi connectivity index (χ1v) is 9.93. The molecule has 0 aromatic heterocycles. The van der Waals surface area contributed by atoms with Crippen molar-refractivity contribution in [3.63, 3.8) is 0 Å². The molecule has 0 saturated heterocycles. The smallest absolute Gasteiger partial charge is 0.294 e. The number of aliphatic hydroxyl groups is 1. The highest BCUT2D eigenvalue weighted by Gasteiger charge is 2.25. The number of carbonyl (C=O) groups excluding carboxylic acids is 2. The lowest BCUT2D eigenvalue weighted by molar-refractivity contribution is -0.892. The third-order valence-electron chi connectivity index (χ3n) is 4.93. The Morgan fingerprint density at radius 1 is 1.37 bits per heavy atom. The Bertz CT molecular complexity index is 782. The molecule has 1 aromatic carbocycles. The van der Waals surface area contributed by atoms with Crippen LogP contribution in [-0.4, -0.2) is 78.9 Å². The molecule has 0 heterocycles. The van der Waals surface area contributed by atoms with Gasteiger partial charge in [0, 0.05) is 6.42 Å². The molecule has 0 bridgehead atoms. The van der Waals surface area contributed by atoms with Crippen LogP contribution in [0.15, 0.2) is 18.2 Å². The topological polar surface area (TPSA) is 128 Å². The van der Waals surface area contributed by atoms with E-state index in [1.807, 2.05) is 26.2 Å². The monoisotopic (exact) mass is 424 g/mol. The second-order valence-corrected chi connectivity index (χ2v) is 8.21. The zero-order chi connectivity index (χ0) is 22.3. The molecule has 0 saturated carbocycles. The molecule has 0 aliphatic heterocycles. The van der Waals surface area contributed by atoms with Crippen LogP contribution in [0, 0.1) is 10.1 Å². The number of amides is 1. The van der Waals surface area contributed by atoms with Crippen molar-refractivity contribution in [3.05, 3.63) is 39.4 Å². The molecule has 1 aliphatic carbocycles. The van der Waals surface area contributed by atoms with Crippen molar-refractivity contribution in [2.75, 3.05) is 40.3 Å². The molecule has 2 unspecified atom stereocenters. The van der Waals surface area contributed by atoms with Crippen LogP contribution in [0.4, 0.5) is 0 Å². The van der Waals surface area contributed by atoms with E-state index in [1.54, 1.807) is 6.07 Å². The quantitative estimate of drug-likeness (QED) is 0.288. The van der Waals surface area contributed by atoms with Crippen LogP contribution in [-0.2, 0) is 16.1 Å². The molecule has 1 aliphatic rings. The highest BCUT2D eigenvalue weighted by atomic mass is 17.0. The standard InChI is InChI=1S/C20H29N3O7/c1-14(30-22(27)28)11-19(26)21-9-10-23(2,3)12-16(24)13-29-18-6-4-5-15-7-8-17(25)20(15)18/h4-6,14,16,24H,7-13H2,1-3H3/p+1. The van der Waals surface area contributed by atoms with Crippen molar-refractivity contribution in [1.82, 2.24) is 5.32 Å². The van der Waals surface area contributed by atoms with E-state index in [0.717, 1.165) is 12.0 Å². The average Bonchev–Trinajstić information content (AvgIpc) is 3.00. The van der Waals surface area contributed by atoms with Crippen LogP contribution in [0.5, 0.6) is 5.75 Å². The number of hydrogen-bond acceptors (Lipinski definition) is 7. The number of ether oxygens (including phenoxy) is 1. The zero-order valence-electron chi connectivity index (χ0n) is 17.6. The van der Waals surface area contributed by atoms with Crippen molar-refractivity contribution < 1.29 is 33.8 Å². The summed E-state index contributed by atoms with van der Waals surface area (Å²) in [5.74, 6) is 0.244. The van der Waals surface area contributed by atoms with Gasteiger partial charge < -0.3 is 24.5 Å². The van der Waals surface area contributed by atoms with E-state index in [4.69, 9.17) is 4.74 Å². The number of fused-ring (bicyclic) bond motifs is 1. The summed E-state index contributed by atoms with van der Waals surface area (Å²) in [5, 5.41) is 22.4. The summed E-state index contributed by atoms with van der Waals surface area (Å²) in [4.78, 5) is 38.4. The maximum absolute atomic E-state index is 12.0. The molecular weight excluding hydrogens is 394 g/mol. The minimum absolute atomic E-state index is 0.0630. The first-order chi connectivity index (χ1) is 14.1. The van der Waals surface area contributed by atoms with Crippen LogP contribution < -0.4 is 10.1 Å². The number of carbonyl (C=O) groups is 2. The fourth-order valence-corrected chi connectivity index (χ4v) is 3.51. The third kappa shape index (κ3) is 7.27. The van der Waals surface area contributed by atoms with Gasteiger partial charge in [0.1, 0.15) is 31.1 Å². The molecule has 2 N–H and O–H groups in total. The molecule has 10 heteroatoms. The van der Waals surface area contributed by atoms with E-state index in [9.17, 15) is 24.8 Å². The van der Waals surface area contributed by atoms with Gasteiger partial charge in [-0.1, -0.05) is 12.1 Å². The van der Waals surface area contributed by atoms with E-state index < -0.39 is 17.3 Å². The number of nitrogens with one attached hydrogen (secondary N) is 1. The van der Waals surface area contributed by atoms with Crippen molar-refractivity contribution in [2.24, 2.45) is 0 Å². The van der Waals surface area contributed by atoms with E-state index >= 15 is 0 Å². The normalized spacial score (nSPS) is 15.3. The first kappa shape index (κ1) is 23.6. The Morgan fingerprint density at radius 3 is 2.80 bits per heavy atom. The van der Waals surface area contributed by atoms with Gasteiger partial charge in [-0.15, -0.1) is 10.1 Å². The number of hydrogen-bond donors (Lipinski definition) is 2. The van der Waals surface area contributed by atoms with Crippen LogP contribution in [0.25, 0.3) is 0 Å². The van der Waals surface area contributed by atoms with Crippen LogP contribution in [0.2, 0.25) is 0 Å². The number of rotatable bonds is 12. The number of benzene rings is 1.